The molecule has 2 N–H and O–H groups in total. The first-order valence-electron chi connectivity index (χ1n) is 9.03. The molecule has 2 unspecified atom stereocenters. The number of aliphatic hydroxyl groups is 1. The zero-order valence-electron chi connectivity index (χ0n) is 14.5. The third-order valence-electron chi connectivity index (χ3n) is 6.54. The van der Waals surface area contributed by atoms with Crippen molar-refractivity contribution in [3.05, 3.63) is 65.7 Å². The molecule has 4 fully saturated rings. The Morgan fingerprint density at radius 3 is 2.12 bits per heavy atom. The minimum Gasteiger partial charge on any atom is -0.508 e. The molecule has 4 saturated heterocycles. The highest BCUT2D eigenvalue weighted by Crippen LogP contribution is 2.55. The minimum absolute atomic E-state index is 0.0959. The van der Waals surface area contributed by atoms with Crippen LogP contribution in [0.4, 0.5) is 0 Å². The summed E-state index contributed by atoms with van der Waals surface area (Å²) in [6, 6.07) is 18.1. The molecule has 2 aromatic carbocycles. The fourth-order valence-corrected chi connectivity index (χ4v) is 5.66. The maximum Gasteiger partial charge on any atom is 0.121 e. The molecule has 0 amide bonds. The number of aromatic hydroxyl groups is 1. The van der Waals surface area contributed by atoms with E-state index in [0.717, 1.165) is 31.7 Å². The van der Waals surface area contributed by atoms with E-state index >= 15 is 0 Å². The first-order chi connectivity index (χ1) is 12.0. The van der Waals surface area contributed by atoms with Crippen molar-refractivity contribution < 1.29 is 10.2 Å². The summed E-state index contributed by atoms with van der Waals surface area (Å²) in [5, 5.41) is 21.7. The van der Waals surface area contributed by atoms with Crippen molar-refractivity contribution in [3.8, 4) is 5.75 Å². The highest BCUT2D eigenvalue weighted by atomic mass is 16.3. The second-order valence-corrected chi connectivity index (χ2v) is 8.32. The molecule has 130 valence electrons. The van der Waals surface area contributed by atoms with Crippen molar-refractivity contribution in [2.75, 3.05) is 26.2 Å². The largest absolute Gasteiger partial charge is 0.508 e. The summed E-state index contributed by atoms with van der Waals surface area (Å²) < 4.78 is 0. The van der Waals surface area contributed by atoms with Crippen molar-refractivity contribution in [2.24, 2.45) is 5.41 Å². The fourth-order valence-electron chi connectivity index (χ4n) is 5.66. The highest BCUT2D eigenvalue weighted by Gasteiger charge is 2.64. The monoisotopic (exact) mass is 336 g/mol. The molecule has 25 heavy (non-hydrogen) atoms. The number of rotatable bonds is 2. The summed E-state index contributed by atoms with van der Waals surface area (Å²) in [4.78, 5) is 4.89. The Bertz CT molecular complexity index is 791. The number of hydrogen-bond acceptors (Lipinski definition) is 4. The lowest BCUT2D eigenvalue weighted by molar-refractivity contribution is -0.232. The lowest BCUT2D eigenvalue weighted by Gasteiger charge is -2.69. The average molecular weight is 336 g/mol. The van der Waals surface area contributed by atoms with Crippen LogP contribution in [0.25, 0.3) is 0 Å². The Balaban J connectivity index is 1.61. The molecule has 4 heteroatoms. The number of hydrogen-bond donors (Lipinski definition) is 2. The van der Waals surface area contributed by atoms with Gasteiger partial charge in [-0.2, -0.15) is 0 Å². The van der Waals surface area contributed by atoms with Gasteiger partial charge in [-0.3, -0.25) is 9.80 Å². The van der Waals surface area contributed by atoms with Crippen molar-refractivity contribution >= 4 is 0 Å². The van der Waals surface area contributed by atoms with E-state index in [4.69, 9.17) is 0 Å². The van der Waals surface area contributed by atoms with Crippen LogP contribution in [0.3, 0.4) is 0 Å². The number of benzene rings is 2. The molecule has 0 spiro atoms. The number of aliphatic hydroxyl groups excluding tert-OH is 1. The lowest BCUT2D eigenvalue weighted by atomic mass is 9.57. The molecule has 4 aliphatic rings. The maximum atomic E-state index is 11.3. The molecular formula is C21H24N2O2. The van der Waals surface area contributed by atoms with Crippen molar-refractivity contribution in [3.63, 3.8) is 0 Å². The van der Waals surface area contributed by atoms with Crippen LogP contribution >= 0.6 is 0 Å². The Morgan fingerprint density at radius 2 is 1.48 bits per heavy atom. The molecule has 0 aromatic heterocycles. The summed E-state index contributed by atoms with van der Waals surface area (Å²) in [5.74, 6) is 0.361. The summed E-state index contributed by atoms with van der Waals surface area (Å²) in [6.45, 7) is 5.57. The van der Waals surface area contributed by atoms with E-state index in [9.17, 15) is 10.2 Å². The second-order valence-electron chi connectivity index (χ2n) is 8.32. The maximum absolute atomic E-state index is 11.3. The van der Waals surface area contributed by atoms with Gasteiger partial charge >= 0.3 is 0 Å². The number of nitrogens with zero attached hydrogens (tertiary/aromatic N) is 2. The van der Waals surface area contributed by atoms with Gasteiger partial charge in [0.05, 0.1) is 12.3 Å². The van der Waals surface area contributed by atoms with Gasteiger partial charge in [-0.25, -0.2) is 0 Å². The van der Waals surface area contributed by atoms with E-state index in [2.05, 4.69) is 41.0 Å². The summed E-state index contributed by atoms with van der Waals surface area (Å²) >= 11 is 0. The van der Waals surface area contributed by atoms with Gasteiger partial charge < -0.3 is 10.2 Å². The molecule has 4 heterocycles. The average Bonchev–Trinajstić information content (AvgIpc) is 2.60. The van der Waals surface area contributed by atoms with E-state index in [1.54, 1.807) is 6.07 Å². The third-order valence-corrected chi connectivity index (χ3v) is 6.54. The molecule has 4 nitrogen and oxygen atoms in total. The van der Waals surface area contributed by atoms with Gasteiger partial charge in [0.25, 0.3) is 0 Å². The van der Waals surface area contributed by atoms with Crippen LogP contribution in [0.1, 0.15) is 24.2 Å². The number of phenolic OH excluding ortho intramolecular Hbond substituents is 1. The molecule has 0 saturated carbocycles. The molecule has 3 atom stereocenters. The Morgan fingerprint density at radius 1 is 0.880 bits per heavy atom. The zero-order valence-corrected chi connectivity index (χ0v) is 14.5. The van der Waals surface area contributed by atoms with E-state index in [0.29, 0.717) is 5.75 Å². The smallest absolute Gasteiger partial charge is 0.121 e. The van der Waals surface area contributed by atoms with Crippen LogP contribution in [0.5, 0.6) is 5.75 Å². The van der Waals surface area contributed by atoms with Crippen LogP contribution in [-0.2, 0) is 5.41 Å². The van der Waals surface area contributed by atoms with E-state index in [1.807, 2.05) is 24.3 Å². The van der Waals surface area contributed by atoms with Gasteiger partial charge in [-0.1, -0.05) is 55.5 Å². The fraction of sp³-hybridized carbons (Fsp3) is 0.429. The number of para-hydroxylation sites is 1. The standard InChI is InChI=1S/C21H24N2O2/c1-20-11-22-13-21(19(20)25,15-7-3-2-4-8-15)14-23(12-20)18(22)16-9-5-6-10-17(16)24/h2-10,18-19,24-25H,11-14H2,1H3/t18?,19-,20?,21?/m1/s1. The first-order valence-corrected chi connectivity index (χ1v) is 9.03. The topological polar surface area (TPSA) is 46.9 Å². The quantitative estimate of drug-likeness (QED) is 0.884. The Labute approximate surface area is 148 Å². The molecule has 4 aliphatic heterocycles. The van der Waals surface area contributed by atoms with Gasteiger partial charge in [0.1, 0.15) is 5.75 Å². The van der Waals surface area contributed by atoms with Crippen LogP contribution < -0.4 is 0 Å². The molecule has 2 aromatic rings. The normalized spacial score (nSPS) is 41.8. The molecule has 4 bridgehead atoms. The molecule has 0 aliphatic carbocycles. The van der Waals surface area contributed by atoms with Gasteiger partial charge in [0.15, 0.2) is 0 Å². The van der Waals surface area contributed by atoms with Gasteiger partial charge in [0.2, 0.25) is 0 Å². The van der Waals surface area contributed by atoms with Crippen molar-refractivity contribution in [1.82, 2.24) is 9.80 Å². The van der Waals surface area contributed by atoms with Gasteiger partial charge in [-0.15, -0.1) is 0 Å². The lowest BCUT2D eigenvalue weighted by Crippen LogP contribution is -2.79. The number of piperidine rings is 2. The van der Waals surface area contributed by atoms with E-state index in [1.165, 1.54) is 5.56 Å². The van der Waals surface area contributed by atoms with Crippen LogP contribution in [-0.4, -0.2) is 52.3 Å². The van der Waals surface area contributed by atoms with Gasteiger partial charge in [0, 0.05) is 42.6 Å². The Kier molecular flexibility index (Phi) is 3.12. The summed E-state index contributed by atoms with van der Waals surface area (Å²) in [7, 11) is 0. The van der Waals surface area contributed by atoms with Crippen LogP contribution in [0.2, 0.25) is 0 Å². The van der Waals surface area contributed by atoms with Crippen LogP contribution in [0.15, 0.2) is 54.6 Å². The van der Waals surface area contributed by atoms with E-state index < -0.39 is 0 Å². The van der Waals surface area contributed by atoms with Gasteiger partial charge in [-0.05, 0) is 11.6 Å². The third kappa shape index (κ3) is 1.99. The molecule has 0 radical (unpaired) electrons. The predicted octanol–water partition coefficient (Wildman–Crippen LogP) is 2.34. The first kappa shape index (κ1) is 15.4. The summed E-state index contributed by atoms with van der Waals surface area (Å²) in [6.07, 6.45) is -0.251. The highest BCUT2D eigenvalue weighted by molar-refractivity contribution is 5.39. The van der Waals surface area contributed by atoms with E-state index in [-0.39, 0.29) is 23.1 Å². The van der Waals surface area contributed by atoms with Crippen molar-refractivity contribution in [1.29, 1.82) is 0 Å². The second kappa shape index (κ2) is 5.07. The minimum atomic E-state index is -0.347. The van der Waals surface area contributed by atoms with Crippen molar-refractivity contribution in [2.45, 2.75) is 24.6 Å². The number of phenols is 1. The molecular weight excluding hydrogens is 312 g/mol. The molecule has 6 rings (SSSR count). The van der Waals surface area contributed by atoms with Crippen LogP contribution in [0, 0.1) is 5.41 Å². The predicted molar refractivity (Wildman–Crippen MR) is 96.2 cm³/mol. The Hall–Kier alpha value is -1.88. The summed E-state index contributed by atoms with van der Waals surface area (Å²) in [5.41, 5.74) is 1.79. The zero-order chi connectivity index (χ0) is 17.2. The SMILES string of the molecule is CC12CN3CC(c4ccccc4)(CN(C1)C3c1ccccc1O)[C@@H]2O.